The van der Waals surface area contributed by atoms with E-state index in [-0.39, 0.29) is 5.91 Å². The van der Waals surface area contributed by atoms with Crippen LogP contribution in [0.3, 0.4) is 0 Å². The minimum absolute atomic E-state index is 0.0591. The van der Waals surface area contributed by atoms with Gasteiger partial charge in [0.05, 0.1) is 11.9 Å². The number of anilines is 2. The zero-order valence-corrected chi connectivity index (χ0v) is 17.1. The molecule has 2 aliphatic heterocycles. The molecule has 0 bridgehead atoms. The third-order valence-electron chi connectivity index (χ3n) is 5.73. The van der Waals surface area contributed by atoms with E-state index in [1.54, 1.807) is 0 Å². The van der Waals surface area contributed by atoms with Crippen LogP contribution in [0.15, 0.2) is 42.6 Å². The highest BCUT2D eigenvalue weighted by atomic mass is 35.5. The van der Waals surface area contributed by atoms with Gasteiger partial charge in [-0.25, -0.2) is 4.98 Å². The molecule has 2 saturated heterocycles. The first-order chi connectivity index (χ1) is 13.6. The summed E-state index contributed by atoms with van der Waals surface area (Å²) < 4.78 is 0. The Kier molecular flexibility index (Phi) is 5.72. The highest BCUT2D eigenvalue weighted by molar-refractivity contribution is 6.30. The van der Waals surface area contributed by atoms with Gasteiger partial charge in [0.15, 0.2) is 0 Å². The van der Waals surface area contributed by atoms with Crippen LogP contribution >= 0.6 is 11.6 Å². The van der Waals surface area contributed by atoms with Crippen LogP contribution in [-0.2, 0) is 0 Å². The molecule has 28 heavy (non-hydrogen) atoms. The van der Waals surface area contributed by atoms with E-state index >= 15 is 0 Å². The lowest BCUT2D eigenvalue weighted by molar-refractivity contribution is 0.0677. The summed E-state index contributed by atoms with van der Waals surface area (Å²) in [5, 5.41) is 0.771. The predicted octanol–water partition coefficient (Wildman–Crippen LogP) is 3.93. The fourth-order valence-electron chi connectivity index (χ4n) is 4.13. The summed E-state index contributed by atoms with van der Waals surface area (Å²) in [6.45, 7) is 7.61. The molecule has 0 spiro atoms. The number of pyridine rings is 1. The number of piperazine rings is 1. The van der Waals surface area contributed by atoms with E-state index in [9.17, 15) is 4.79 Å². The van der Waals surface area contributed by atoms with E-state index in [1.807, 2.05) is 41.4 Å². The van der Waals surface area contributed by atoms with Crippen molar-refractivity contribution in [1.29, 1.82) is 0 Å². The van der Waals surface area contributed by atoms with Crippen molar-refractivity contribution in [2.24, 2.45) is 5.92 Å². The van der Waals surface area contributed by atoms with Crippen LogP contribution in [-0.4, -0.2) is 55.1 Å². The van der Waals surface area contributed by atoms with Crippen LogP contribution in [0.1, 0.15) is 30.3 Å². The predicted molar refractivity (Wildman–Crippen MR) is 114 cm³/mol. The van der Waals surface area contributed by atoms with E-state index in [0.29, 0.717) is 11.6 Å². The average molecular weight is 399 g/mol. The zero-order valence-electron chi connectivity index (χ0n) is 16.4. The van der Waals surface area contributed by atoms with Gasteiger partial charge < -0.3 is 14.7 Å². The number of halogens is 1. The number of benzene rings is 1. The lowest BCUT2D eigenvalue weighted by Gasteiger charge is -2.37. The molecule has 148 valence electrons. The Bertz CT molecular complexity index is 818. The van der Waals surface area contributed by atoms with E-state index in [4.69, 9.17) is 11.6 Å². The van der Waals surface area contributed by atoms with Crippen LogP contribution in [0.5, 0.6) is 0 Å². The topological polar surface area (TPSA) is 39.7 Å². The largest absolute Gasteiger partial charge is 0.368 e. The average Bonchev–Trinajstić information content (AvgIpc) is 2.73. The van der Waals surface area contributed by atoms with E-state index in [0.717, 1.165) is 56.4 Å². The Morgan fingerprint density at radius 2 is 1.79 bits per heavy atom. The minimum Gasteiger partial charge on any atom is -0.368 e. The van der Waals surface area contributed by atoms with E-state index in [1.165, 1.54) is 12.1 Å². The van der Waals surface area contributed by atoms with E-state index < -0.39 is 0 Å². The number of piperidine rings is 1. The first-order valence-corrected chi connectivity index (χ1v) is 10.5. The molecule has 2 fully saturated rings. The Hall–Kier alpha value is -2.27. The molecule has 0 aliphatic carbocycles. The van der Waals surface area contributed by atoms with Gasteiger partial charge in [-0.05, 0) is 49.1 Å². The fraction of sp³-hybridized carbons (Fsp3) is 0.455. The maximum absolute atomic E-state index is 12.7. The van der Waals surface area contributed by atoms with Crippen molar-refractivity contribution in [3.8, 4) is 0 Å². The van der Waals surface area contributed by atoms with Gasteiger partial charge in [0, 0.05) is 50.0 Å². The Morgan fingerprint density at radius 1 is 1.04 bits per heavy atom. The van der Waals surface area contributed by atoms with Gasteiger partial charge in [-0.1, -0.05) is 24.6 Å². The van der Waals surface area contributed by atoms with Gasteiger partial charge >= 0.3 is 0 Å². The van der Waals surface area contributed by atoms with Crippen molar-refractivity contribution < 1.29 is 4.79 Å². The number of carbonyl (C=O) groups excluding carboxylic acids is 1. The number of amides is 1. The number of likely N-dealkylation sites (tertiary alicyclic amines) is 1. The molecule has 1 unspecified atom stereocenters. The van der Waals surface area contributed by atoms with Crippen molar-refractivity contribution in [2.45, 2.75) is 19.8 Å². The van der Waals surface area contributed by atoms with Crippen molar-refractivity contribution in [2.75, 3.05) is 49.1 Å². The van der Waals surface area contributed by atoms with Crippen molar-refractivity contribution in [3.05, 3.63) is 53.3 Å². The third kappa shape index (κ3) is 4.25. The summed E-state index contributed by atoms with van der Waals surface area (Å²) >= 11 is 6.12. The molecule has 2 aromatic rings. The van der Waals surface area contributed by atoms with Gasteiger partial charge in [-0.15, -0.1) is 0 Å². The van der Waals surface area contributed by atoms with Crippen LogP contribution in [0.25, 0.3) is 0 Å². The highest BCUT2D eigenvalue weighted by Gasteiger charge is 2.23. The maximum atomic E-state index is 12.7. The number of hydrogen-bond donors (Lipinski definition) is 0. The summed E-state index contributed by atoms with van der Waals surface area (Å²) in [6, 6.07) is 11.9. The maximum Gasteiger partial charge on any atom is 0.272 e. The fourth-order valence-corrected chi connectivity index (χ4v) is 4.32. The lowest BCUT2D eigenvalue weighted by atomic mass is 10.00. The molecular weight excluding hydrogens is 372 g/mol. The second-order valence-corrected chi connectivity index (χ2v) is 8.29. The first kappa shape index (κ1) is 19.1. The molecule has 0 N–H and O–H groups in total. The first-order valence-electron chi connectivity index (χ1n) is 10.1. The molecule has 0 saturated carbocycles. The van der Waals surface area contributed by atoms with Crippen molar-refractivity contribution >= 4 is 28.9 Å². The quantitative estimate of drug-likeness (QED) is 0.785. The van der Waals surface area contributed by atoms with Crippen LogP contribution < -0.4 is 9.80 Å². The Labute approximate surface area is 171 Å². The molecule has 5 nitrogen and oxygen atoms in total. The molecule has 4 rings (SSSR count). The second-order valence-electron chi connectivity index (χ2n) is 7.85. The molecule has 6 heteroatoms. The van der Waals surface area contributed by atoms with Crippen molar-refractivity contribution in [3.63, 3.8) is 0 Å². The molecule has 1 aromatic carbocycles. The molecule has 1 atom stereocenters. The number of carbonyl (C=O) groups is 1. The van der Waals surface area contributed by atoms with Crippen LogP contribution in [0, 0.1) is 5.92 Å². The Balaban J connectivity index is 1.36. The monoisotopic (exact) mass is 398 g/mol. The SMILES string of the molecule is CC1CCCN(C(=O)c2ccc(N3CCN(c4cccc(Cl)c4)CC3)cn2)C1. The number of nitrogens with zero attached hydrogens (tertiary/aromatic N) is 4. The highest BCUT2D eigenvalue weighted by Crippen LogP contribution is 2.23. The van der Waals surface area contributed by atoms with Gasteiger partial charge in [-0.2, -0.15) is 0 Å². The van der Waals surface area contributed by atoms with Crippen LogP contribution in [0.2, 0.25) is 5.02 Å². The molecule has 2 aliphatic rings. The van der Waals surface area contributed by atoms with Gasteiger partial charge in [-0.3, -0.25) is 4.79 Å². The normalized spacial score (nSPS) is 20.4. The van der Waals surface area contributed by atoms with Gasteiger partial charge in [0.1, 0.15) is 5.69 Å². The molecule has 0 radical (unpaired) electrons. The molecular formula is C22H27ClN4O. The van der Waals surface area contributed by atoms with Crippen LogP contribution in [0.4, 0.5) is 11.4 Å². The molecule has 1 aromatic heterocycles. The molecule has 3 heterocycles. The Morgan fingerprint density at radius 3 is 2.43 bits per heavy atom. The summed E-state index contributed by atoms with van der Waals surface area (Å²) in [6.07, 6.45) is 4.13. The summed E-state index contributed by atoms with van der Waals surface area (Å²) in [4.78, 5) is 23.8. The van der Waals surface area contributed by atoms with Crippen molar-refractivity contribution in [1.82, 2.24) is 9.88 Å². The van der Waals surface area contributed by atoms with E-state index in [2.05, 4.69) is 27.8 Å². The third-order valence-corrected chi connectivity index (χ3v) is 5.96. The zero-order chi connectivity index (χ0) is 19.5. The summed E-state index contributed by atoms with van der Waals surface area (Å²) in [5.41, 5.74) is 2.80. The minimum atomic E-state index is 0.0591. The molecule has 1 amide bonds. The van der Waals surface area contributed by atoms with Gasteiger partial charge in [0.2, 0.25) is 0 Å². The van der Waals surface area contributed by atoms with Gasteiger partial charge in [0.25, 0.3) is 5.91 Å². The number of aromatic nitrogens is 1. The summed E-state index contributed by atoms with van der Waals surface area (Å²) in [5.74, 6) is 0.636. The standard InChI is InChI=1S/C22H27ClN4O/c1-17-4-3-9-27(16-17)22(28)21-8-7-20(15-24-21)26-12-10-25(11-13-26)19-6-2-5-18(23)14-19/h2,5-8,14-15,17H,3-4,9-13,16H2,1H3. The lowest BCUT2D eigenvalue weighted by Crippen LogP contribution is -2.46. The number of rotatable bonds is 3. The number of hydrogen-bond acceptors (Lipinski definition) is 4. The smallest absolute Gasteiger partial charge is 0.272 e. The second kappa shape index (κ2) is 8.39. The summed E-state index contributed by atoms with van der Waals surface area (Å²) in [7, 11) is 0.